The molecule has 3 rings (SSSR count). The monoisotopic (exact) mass is 393 g/mol. The molecule has 2 fully saturated rings. The van der Waals surface area contributed by atoms with Crippen LogP contribution in [0.1, 0.15) is 23.1 Å². The van der Waals surface area contributed by atoms with Crippen molar-refractivity contribution in [2.24, 2.45) is 0 Å². The van der Waals surface area contributed by atoms with Gasteiger partial charge in [0.1, 0.15) is 0 Å². The number of carbonyl (C=O) groups is 1. The van der Waals surface area contributed by atoms with E-state index in [2.05, 4.69) is 0 Å². The van der Waals surface area contributed by atoms with E-state index in [0.717, 1.165) is 24.0 Å². The van der Waals surface area contributed by atoms with E-state index in [-0.39, 0.29) is 17.9 Å². The number of hydrogen-bond acceptors (Lipinski definition) is 3. The lowest BCUT2D eigenvalue weighted by molar-refractivity contribution is -0.156. The number of benzene rings is 1. The van der Waals surface area contributed by atoms with E-state index >= 15 is 0 Å². The molecule has 1 N–H and O–H groups in total. The fourth-order valence-corrected chi connectivity index (χ4v) is 3.83. The van der Waals surface area contributed by atoms with Crippen LogP contribution in [0.5, 0.6) is 0 Å². The number of aliphatic hydroxyl groups is 1. The topological polar surface area (TPSA) is 67.6 Å². The molecule has 0 saturated carbocycles. The summed E-state index contributed by atoms with van der Waals surface area (Å²) in [4.78, 5) is 13.6. The SMILES string of the molecule is Cc1c(N2C(=O)N3CCC(O)[C@H]3C2C(F)(F)F)ccc(C#N)c1C(F)(F)F. The Morgan fingerprint density at radius 1 is 1.22 bits per heavy atom. The van der Waals surface area contributed by atoms with E-state index in [1.165, 1.54) is 6.07 Å². The molecule has 0 aliphatic carbocycles. The number of carbonyl (C=O) groups excluding carboxylic acids is 1. The number of anilines is 1. The second-order valence-electron chi connectivity index (χ2n) is 6.42. The van der Waals surface area contributed by atoms with Crippen LogP contribution in [0.4, 0.5) is 36.8 Å². The average Bonchev–Trinajstić information content (AvgIpc) is 3.04. The molecule has 0 radical (unpaired) electrons. The third kappa shape index (κ3) is 2.88. The van der Waals surface area contributed by atoms with E-state index < -0.39 is 58.9 Å². The number of nitriles is 1. The van der Waals surface area contributed by atoms with Gasteiger partial charge in [0, 0.05) is 12.2 Å². The number of nitrogens with zero attached hydrogens (tertiary/aromatic N) is 3. The minimum atomic E-state index is -4.99. The fourth-order valence-electron chi connectivity index (χ4n) is 3.83. The van der Waals surface area contributed by atoms with Crippen molar-refractivity contribution in [2.75, 3.05) is 11.4 Å². The van der Waals surface area contributed by atoms with Gasteiger partial charge in [-0.2, -0.15) is 31.6 Å². The predicted molar refractivity (Wildman–Crippen MR) is 79.7 cm³/mol. The summed E-state index contributed by atoms with van der Waals surface area (Å²) < 4.78 is 81.1. The third-order valence-electron chi connectivity index (χ3n) is 4.91. The van der Waals surface area contributed by atoms with Crippen molar-refractivity contribution in [3.05, 3.63) is 28.8 Å². The smallest absolute Gasteiger partial charge is 0.391 e. The summed E-state index contributed by atoms with van der Waals surface area (Å²) in [5.74, 6) is 0. The predicted octanol–water partition coefficient (Wildman–Crippen LogP) is 3.19. The molecule has 1 aromatic carbocycles. The molecule has 0 spiro atoms. The number of rotatable bonds is 1. The number of amides is 2. The summed E-state index contributed by atoms with van der Waals surface area (Å²) in [5.41, 5.74) is -3.38. The Bertz CT molecular complexity index is 829. The molecule has 2 heterocycles. The Morgan fingerprint density at radius 3 is 2.37 bits per heavy atom. The van der Waals surface area contributed by atoms with Crippen molar-refractivity contribution in [1.82, 2.24) is 4.90 Å². The molecule has 2 aliphatic heterocycles. The number of halogens is 6. The van der Waals surface area contributed by atoms with Crippen LogP contribution < -0.4 is 4.90 Å². The number of aliphatic hydroxyl groups excluding tert-OH is 1. The molecule has 146 valence electrons. The van der Waals surface area contributed by atoms with E-state index in [1.807, 2.05) is 0 Å². The molecule has 0 bridgehead atoms. The highest BCUT2D eigenvalue weighted by atomic mass is 19.4. The zero-order chi connectivity index (χ0) is 20.3. The van der Waals surface area contributed by atoms with Crippen molar-refractivity contribution in [3.63, 3.8) is 0 Å². The lowest BCUT2D eigenvalue weighted by atomic mass is 9.97. The van der Waals surface area contributed by atoms with Crippen LogP contribution in [0.15, 0.2) is 12.1 Å². The van der Waals surface area contributed by atoms with Gasteiger partial charge in [0.2, 0.25) is 0 Å². The van der Waals surface area contributed by atoms with E-state index in [1.54, 1.807) is 0 Å². The van der Waals surface area contributed by atoms with Gasteiger partial charge in [0.15, 0.2) is 6.04 Å². The molecule has 0 aromatic heterocycles. The number of fused-ring (bicyclic) bond motifs is 1. The Morgan fingerprint density at radius 2 is 1.85 bits per heavy atom. The van der Waals surface area contributed by atoms with Gasteiger partial charge in [-0.05, 0) is 31.0 Å². The maximum absolute atomic E-state index is 13.7. The molecule has 2 saturated heterocycles. The van der Waals surface area contributed by atoms with Crippen LogP contribution in [-0.4, -0.2) is 46.9 Å². The maximum Gasteiger partial charge on any atom is 0.418 e. The zero-order valence-corrected chi connectivity index (χ0v) is 13.8. The molecule has 1 aromatic rings. The average molecular weight is 393 g/mol. The van der Waals surface area contributed by atoms with Crippen molar-refractivity contribution < 1.29 is 36.2 Å². The fraction of sp³-hybridized carbons (Fsp3) is 0.500. The first-order valence-electron chi connectivity index (χ1n) is 7.85. The summed E-state index contributed by atoms with van der Waals surface area (Å²) in [6.07, 6.45) is -11.4. The quantitative estimate of drug-likeness (QED) is 0.746. The molecule has 11 heteroatoms. The molecule has 2 aliphatic rings. The second-order valence-corrected chi connectivity index (χ2v) is 6.42. The third-order valence-corrected chi connectivity index (χ3v) is 4.91. The van der Waals surface area contributed by atoms with Gasteiger partial charge >= 0.3 is 18.4 Å². The lowest BCUT2D eigenvalue weighted by Gasteiger charge is -2.31. The first-order chi connectivity index (χ1) is 12.4. The second kappa shape index (κ2) is 6.02. The molecule has 2 unspecified atom stereocenters. The normalized spacial score (nSPS) is 25.7. The number of urea groups is 1. The maximum atomic E-state index is 13.7. The van der Waals surface area contributed by atoms with Gasteiger partial charge in [-0.25, -0.2) is 4.79 Å². The summed E-state index contributed by atoms with van der Waals surface area (Å²) in [5, 5.41) is 18.8. The van der Waals surface area contributed by atoms with Crippen LogP contribution >= 0.6 is 0 Å². The van der Waals surface area contributed by atoms with E-state index in [0.29, 0.717) is 0 Å². The van der Waals surface area contributed by atoms with Gasteiger partial charge in [0.05, 0.1) is 29.3 Å². The molecular weight excluding hydrogens is 380 g/mol. The van der Waals surface area contributed by atoms with E-state index in [9.17, 15) is 36.2 Å². The van der Waals surface area contributed by atoms with Gasteiger partial charge in [0.25, 0.3) is 0 Å². The molecule has 3 atom stereocenters. The number of alkyl halides is 6. The Balaban J connectivity index is 2.21. The first kappa shape index (κ1) is 19.3. The van der Waals surface area contributed by atoms with Crippen LogP contribution in [0.25, 0.3) is 0 Å². The summed E-state index contributed by atoms with van der Waals surface area (Å²) in [6.45, 7) is 0.786. The van der Waals surface area contributed by atoms with Crippen LogP contribution in [0, 0.1) is 18.3 Å². The first-order valence-corrected chi connectivity index (χ1v) is 7.85. The Hall–Kier alpha value is -2.48. The minimum absolute atomic E-state index is 0.0447. The van der Waals surface area contributed by atoms with Gasteiger partial charge in [-0.3, -0.25) is 4.90 Å². The van der Waals surface area contributed by atoms with Crippen molar-refractivity contribution >= 4 is 11.7 Å². The summed E-state index contributed by atoms with van der Waals surface area (Å²) >= 11 is 0. The molecule has 5 nitrogen and oxygen atoms in total. The Labute approximate surface area is 149 Å². The summed E-state index contributed by atoms with van der Waals surface area (Å²) in [7, 11) is 0. The number of hydrogen-bond donors (Lipinski definition) is 1. The van der Waals surface area contributed by atoms with Gasteiger partial charge in [-0.15, -0.1) is 0 Å². The standard InChI is InChI=1S/C16H13F6N3O2/c1-7-9(3-2-8(6-23)11(7)15(17,18)19)25-13(16(20,21)22)12-10(26)4-5-24(12)14(25)27/h2-3,10,12-13,26H,4-5H2,1H3/t10?,12-,13?/m0/s1. The van der Waals surface area contributed by atoms with Crippen molar-refractivity contribution in [2.45, 2.75) is 43.9 Å². The van der Waals surface area contributed by atoms with Crippen molar-refractivity contribution in [1.29, 1.82) is 5.26 Å². The van der Waals surface area contributed by atoms with Gasteiger partial charge in [-0.1, -0.05) is 0 Å². The largest absolute Gasteiger partial charge is 0.418 e. The minimum Gasteiger partial charge on any atom is -0.391 e. The summed E-state index contributed by atoms with van der Waals surface area (Å²) in [6, 6.07) is -2.21. The van der Waals surface area contributed by atoms with E-state index in [4.69, 9.17) is 5.26 Å². The van der Waals surface area contributed by atoms with Crippen LogP contribution in [-0.2, 0) is 6.18 Å². The Kier molecular flexibility index (Phi) is 4.30. The highest BCUT2D eigenvalue weighted by molar-refractivity contribution is 5.97. The van der Waals surface area contributed by atoms with Crippen molar-refractivity contribution in [3.8, 4) is 6.07 Å². The lowest BCUT2D eigenvalue weighted by Crippen LogP contribution is -2.51. The van der Waals surface area contributed by atoms with Gasteiger partial charge < -0.3 is 10.0 Å². The molecule has 2 amide bonds. The zero-order valence-electron chi connectivity index (χ0n) is 13.8. The highest BCUT2D eigenvalue weighted by Gasteiger charge is 2.63. The van der Waals surface area contributed by atoms with Crippen LogP contribution in [0.3, 0.4) is 0 Å². The molecule has 27 heavy (non-hydrogen) atoms. The van der Waals surface area contributed by atoms with Crippen LogP contribution in [0.2, 0.25) is 0 Å². The highest BCUT2D eigenvalue weighted by Crippen LogP contribution is 2.45. The molecular formula is C16H13F6N3O2.